The molecule has 0 aliphatic carbocycles. The molecule has 0 saturated carbocycles. The van der Waals surface area contributed by atoms with Crippen molar-refractivity contribution in [2.45, 2.75) is 0 Å². The van der Waals surface area contributed by atoms with E-state index in [1.165, 1.54) is 0 Å². The van der Waals surface area contributed by atoms with Crippen LogP contribution in [0.3, 0.4) is 0 Å². The minimum absolute atomic E-state index is 0. The van der Waals surface area contributed by atoms with E-state index >= 15 is 0 Å². The van der Waals surface area contributed by atoms with Crippen molar-refractivity contribution in [3.8, 4) is 0 Å². The Bertz CT molecular complexity index is 287. The second kappa shape index (κ2) is 8.98. The molecule has 48 valence electrons. The van der Waals surface area contributed by atoms with Crippen LogP contribution in [0.15, 0.2) is 14.4 Å². The molecule has 3 N–H and O–H groups in total. The maximum atomic E-state index is 10.2. The number of nitrogens with one attached hydrogen (secondary N) is 3. The Labute approximate surface area is 133 Å². The Morgan fingerprint density at radius 3 is 0.917 bits per heavy atom. The fraction of sp³-hybridized carbons (Fsp3) is 0. The smallest absolute Gasteiger partial charge is 0.259 e. The summed E-state index contributed by atoms with van der Waals surface area (Å²) in [5.74, 6) is 0. The topological polar surface area (TPSA) is 98.6 Å². The monoisotopic (exact) mass is 198 g/mol. The zero-order chi connectivity index (χ0) is 6.85. The first-order valence-corrected chi connectivity index (χ1v) is 2.11. The predicted molar refractivity (Wildman–Crippen MR) is 28.3 cm³/mol. The summed E-state index contributed by atoms with van der Waals surface area (Å²) in [7, 11) is 0. The van der Waals surface area contributed by atoms with Crippen LogP contribution in [-0.4, -0.2) is 15.0 Å². The van der Waals surface area contributed by atoms with Gasteiger partial charge in [-0.25, -0.2) is 14.4 Å². The van der Waals surface area contributed by atoms with E-state index in [0.29, 0.717) is 0 Å². The minimum Gasteiger partial charge on any atom is -0.259 e. The molecule has 0 amide bonds. The van der Waals surface area contributed by atoms with E-state index < -0.39 is 17.1 Å². The van der Waals surface area contributed by atoms with Crippen LogP contribution in [0.1, 0.15) is 0 Å². The number of H-pyrrole nitrogens is 3. The van der Waals surface area contributed by atoms with Gasteiger partial charge in [0.1, 0.15) is 0 Å². The molecule has 9 heteroatoms. The van der Waals surface area contributed by atoms with Crippen LogP contribution in [0, 0.1) is 0 Å². The van der Waals surface area contributed by atoms with Crippen molar-refractivity contribution in [2.75, 3.05) is 0 Å². The van der Waals surface area contributed by atoms with Crippen LogP contribution >= 0.6 is 0 Å². The Morgan fingerprint density at radius 2 is 0.750 bits per heavy atom. The van der Waals surface area contributed by atoms with E-state index in [-0.39, 0.29) is 88.7 Å². The summed E-state index contributed by atoms with van der Waals surface area (Å²) in [6, 6.07) is 0. The molecule has 0 aliphatic heterocycles. The average molecular weight is 198 g/mol. The Morgan fingerprint density at radius 1 is 0.583 bits per heavy atom. The second-order valence-electron chi connectivity index (χ2n) is 1.36. The van der Waals surface area contributed by atoms with Gasteiger partial charge in [0.25, 0.3) is 0 Å². The van der Waals surface area contributed by atoms with Gasteiger partial charge in [0, 0.05) is 0 Å². The SMILES string of the molecule is O=c1[nH]c(=O)[nH]c(=O)[nH]1.[Na+].[Na+].[Na+]. The van der Waals surface area contributed by atoms with Gasteiger partial charge >= 0.3 is 106 Å². The number of hydrogen-bond acceptors (Lipinski definition) is 3. The summed E-state index contributed by atoms with van der Waals surface area (Å²) in [4.78, 5) is 35.9. The zero-order valence-corrected chi connectivity index (χ0v) is 13.2. The quantitative estimate of drug-likeness (QED) is 0.361. The third kappa shape index (κ3) is 6.88. The van der Waals surface area contributed by atoms with E-state index in [1.54, 1.807) is 15.0 Å². The van der Waals surface area contributed by atoms with Crippen LogP contribution in [0.5, 0.6) is 0 Å². The largest absolute Gasteiger partial charge is 1.00 e. The molecule has 1 heterocycles. The molecule has 0 spiro atoms. The van der Waals surface area contributed by atoms with E-state index in [1.807, 2.05) is 0 Å². The van der Waals surface area contributed by atoms with Crippen molar-refractivity contribution in [1.82, 2.24) is 15.0 Å². The molecule has 0 bridgehead atoms. The van der Waals surface area contributed by atoms with Gasteiger partial charge in [-0.3, -0.25) is 15.0 Å². The molecule has 0 atom stereocenters. The number of rotatable bonds is 0. The normalized spacial score (nSPS) is 7.00. The van der Waals surface area contributed by atoms with Crippen LogP contribution in [0.2, 0.25) is 0 Å². The summed E-state index contributed by atoms with van der Waals surface area (Å²) in [6.07, 6.45) is 0. The van der Waals surface area contributed by atoms with Gasteiger partial charge in [0.05, 0.1) is 0 Å². The molecule has 0 fully saturated rings. The maximum absolute atomic E-state index is 10.2. The van der Waals surface area contributed by atoms with Gasteiger partial charge in [0.2, 0.25) is 0 Å². The minimum atomic E-state index is -0.802. The van der Waals surface area contributed by atoms with Crippen LogP contribution in [-0.2, 0) is 0 Å². The summed E-state index contributed by atoms with van der Waals surface area (Å²) in [5, 5.41) is 0. The Hall–Kier alpha value is 1.41. The molecule has 1 aromatic heterocycles. The first-order chi connectivity index (χ1) is 4.18. The fourth-order valence-corrected chi connectivity index (χ4v) is 0.403. The molecule has 1 rings (SSSR count). The third-order valence-electron chi connectivity index (χ3n) is 0.681. The van der Waals surface area contributed by atoms with E-state index in [4.69, 9.17) is 0 Å². The van der Waals surface area contributed by atoms with Crippen molar-refractivity contribution in [2.24, 2.45) is 0 Å². The maximum Gasteiger partial charge on any atom is 1.00 e. The first kappa shape index (κ1) is 19.1. The van der Waals surface area contributed by atoms with Gasteiger partial charge < -0.3 is 0 Å². The Kier molecular flexibility index (Phi) is 14.3. The van der Waals surface area contributed by atoms with Crippen molar-refractivity contribution < 1.29 is 88.7 Å². The van der Waals surface area contributed by atoms with Crippen LogP contribution in [0.25, 0.3) is 0 Å². The molecule has 0 radical (unpaired) electrons. The summed E-state index contributed by atoms with van der Waals surface area (Å²) in [6.45, 7) is 0. The zero-order valence-electron chi connectivity index (χ0n) is 7.22. The van der Waals surface area contributed by atoms with Gasteiger partial charge in [-0.2, -0.15) is 0 Å². The fourth-order valence-electron chi connectivity index (χ4n) is 0.403. The van der Waals surface area contributed by atoms with Crippen molar-refractivity contribution in [3.63, 3.8) is 0 Å². The summed E-state index contributed by atoms with van der Waals surface area (Å²) < 4.78 is 0. The first-order valence-electron chi connectivity index (χ1n) is 2.11. The molecule has 0 aromatic carbocycles. The van der Waals surface area contributed by atoms with Gasteiger partial charge in [-0.15, -0.1) is 0 Å². The number of hydrogen-bond donors (Lipinski definition) is 3. The number of aromatic nitrogens is 3. The average Bonchev–Trinajstić information content (AvgIpc) is 1.59. The van der Waals surface area contributed by atoms with Gasteiger partial charge in [-0.1, -0.05) is 0 Å². The summed E-state index contributed by atoms with van der Waals surface area (Å²) >= 11 is 0. The van der Waals surface area contributed by atoms with Crippen molar-refractivity contribution in [3.05, 3.63) is 31.5 Å². The molecule has 0 saturated heterocycles. The molecule has 0 unspecified atom stereocenters. The van der Waals surface area contributed by atoms with E-state index in [9.17, 15) is 14.4 Å². The third-order valence-corrected chi connectivity index (χ3v) is 0.681. The van der Waals surface area contributed by atoms with Crippen molar-refractivity contribution in [1.29, 1.82) is 0 Å². The van der Waals surface area contributed by atoms with Crippen molar-refractivity contribution >= 4 is 0 Å². The Balaban J connectivity index is -0.000000270. The standard InChI is InChI=1S/C3H3N3O3.3Na/c7-1-4-2(8)6-3(9)5-1;;;/h(H3,4,5,6,7,8,9);;;/q;3*+1. The second-order valence-corrected chi connectivity index (χ2v) is 1.36. The predicted octanol–water partition coefficient (Wildman–Crippen LogP) is -11.2. The molecule has 12 heavy (non-hydrogen) atoms. The van der Waals surface area contributed by atoms with Crippen LogP contribution < -0.4 is 106 Å². The van der Waals surface area contributed by atoms with E-state index in [0.717, 1.165) is 0 Å². The van der Waals surface area contributed by atoms with Crippen LogP contribution in [0.4, 0.5) is 0 Å². The molecule has 0 aliphatic rings. The molecular weight excluding hydrogens is 195 g/mol. The molecular formula is C3H3N3Na3O3+3. The summed E-state index contributed by atoms with van der Waals surface area (Å²) in [5.41, 5.74) is -2.41. The molecule has 6 nitrogen and oxygen atoms in total. The molecule has 1 aromatic rings. The van der Waals surface area contributed by atoms with Gasteiger partial charge in [-0.05, 0) is 0 Å². The van der Waals surface area contributed by atoms with Gasteiger partial charge in [0.15, 0.2) is 0 Å². The van der Waals surface area contributed by atoms with E-state index in [2.05, 4.69) is 0 Å². The number of aromatic amines is 3.